The summed E-state index contributed by atoms with van der Waals surface area (Å²) in [6, 6.07) is 9.32. The molecule has 0 aliphatic carbocycles. The van der Waals surface area contributed by atoms with E-state index in [9.17, 15) is 5.21 Å². The first-order valence-corrected chi connectivity index (χ1v) is 9.41. The number of azide groups is 3. The van der Waals surface area contributed by atoms with Crippen molar-refractivity contribution in [2.24, 2.45) is 15.3 Å². The van der Waals surface area contributed by atoms with Gasteiger partial charge < -0.3 is 9.85 Å². The number of rotatable bonds is 10. The van der Waals surface area contributed by atoms with Crippen molar-refractivity contribution in [2.75, 3.05) is 13.1 Å². The Labute approximate surface area is 181 Å². The Morgan fingerprint density at radius 2 is 1.33 bits per heavy atom. The molecule has 30 heavy (non-hydrogen) atoms. The summed E-state index contributed by atoms with van der Waals surface area (Å²) < 4.78 is -0.802. The van der Waals surface area contributed by atoms with Gasteiger partial charge in [0.15, 0.2) is 0 Å². The third kappa shape index (κ3) is 6.73. The number of hydrogen-bond acceptors (Lipinski definition) is 4. The fourth-order valence-corrected chi connectivity index (χ4v) is 3.35. The Balaban J connectivity index is 2.45. The molecular weight excluding hydrogens is 431 g/mol. The maximum atomic E-state index is 13.8. The lowest BCUT2D eigenvalue weighted by atomic mass is 10.1. The van der Waals surface area contributed by atoms with Gasteiger partial charge in [-0.1, -0.05) is 50.7 Å². The zero-order valence-electron chi connectivity index (χ0n) is 15.6. The Morgan fingerprint density at radius 3 is 1.77 bits per heavy atom. The molecule has 0 atom stereocenters. The molecule has 13 heteroatoms. The Morgan fingerprint density at radius 1 is 0.833 bits per heavy atom. The first kappa shape index (κ1) is 23.2. The van der Waals surface area contributed by atoms with Crippen LogP contribution in [0.25, 0.3) is 31.3 Å². The standard InChI is InChI=1S/C17H16Cl2N10O/c18-14-2-4-16(24-27-21)12(8-14)10-29(30,7-1-6-23-26-20)11-13-9-15(19)3-5-17(13)25-28-22/h2-5,8-9H,1,6-7,10-11H2. The largest absolute Gasteiger partial charge is 0.632 e. The Hall–Kier alpha value is -3.13. The van der Waals surface area contributed by atoms with Crippen LogP contribution < -0.4 is 0 Å². The Kier molecular flexibility index (Phi) is 8.61. The molecule has 0 spiro atoms. The highest BCUT2D eigenvalue weighted by Gasteiger charge is 2.22. The molecule has 0 N–H and O–H groups in total. The van der Waals surface area contributed by atoms with Crippen LogP contribution in [0.3, 0.4) is 0 Å². The van der Waals surface area contributed by atoms with Gasteiger partial charge >= 0.3 is 0 Å². The van der Waals surface area contributed by atoms with E-state index in [0.717, 1.165) is 0 Å². The van der Waals surface area contributed by atoms with Crippen molar-refractivity contribution in [3.63, 3.8) is 0 Å². The van der Waals surface area contributed by atoms with Crippen LogP contribution in [0.4, 0.5) is 11.4 Å². The van der Waals surface area contributed by atoms with Gasteiger partial charge in [-0.05, 0) is 40.9 Å². The second kappa shape index (κ2) is 11.2. The van der Waals surface area contributed by atoms with Crippen molar-refractivity contribution in [1.29, 1.82) is 0 Å². The monoisotopic (exact) mass is 446 g/mol. The summed E-state index contributed by atoms with van der Waals surface area (Å²) in [6.45, 7) is 0.0838. The summed E-state index contributed by atoms with van der Waals surface area (Å²) in [5, 5.41) is 25.3. The van der Waals surface area contributed by atoms with Crippen LogP contribution in [-0.4, -0.2) is 17.7 Å². The van der Waals surface area contributed by atoms with Crippen LogP contribution >= 0.6 is 23.2 Å². The number of benzene rings is 2. The van der Waals surface area contributed by atoms with Crippen LogP contribution in [0.5, 0.6) is 0 Å². The van der Waals surface area contributed by atoms with E-state index in [1.807, 2.05) is 0 Å². The summed E-state index contributed by atoms with van der Waals surface area (Å²) >= 11 is 12.1. The molecule has 0 aromatic heterocycles. The summed E-state index contributed by atoms with van der Waals surface area (Å²) in [6.07, 6.45) is 0.322. The number of hydrogen-bond donors (Lipinski definition) is 0. The summed E-state index contributed by atoms with van der Waals surface area (Å²) in [7, 11) is 0. The van der Waals surface area contributed by atoms with Crippen LogP contribution in [-0.2, 0) is 13.1 Å². The minimum Gasteiger partial charge on any atom is -0.632 e. The molecule has 0 bridgehead atoms. The van der Waals surface area contributed by atoms with Crippen LogP contribution in [0.2, 0.25) is 10.0 Å². The second-order valence-electron chi connectivity index (χ2n) is 6.33. The average molecular weight is 447 g/mol. The van der Waals surface area contributed by atoms with E-state index in [1.165, 1.54) is 12.1 Å². The molecular formula is C17H16Cl2N10O. The molecule has 0 aliphatic heterocycles. The van der Waals surface area contributed by atoms with Crippen molar-refractivity contribution < 1.29 is 4.65 Å². The van der Waals surface area contributed by atoms with Gasteiger partial charge in [-0.15, -0.1) is 0 Å². The molecule has 11 nitrogen and oxygen atoms in total. The van der Waals surface area contributed by atoms with Gasteiger partial charge in [0.25, 0.3) is 0 Å². The van der Waals surface area contributed by atoms with Gasteiger partial charge in [0, 0.05) is 60.2 Å². The van der Waals surface area contributed by atoms with Crippen molar-refractivity contribution >= 4 is 34.6 Å². The highest BCUT2D eigenvalue weighted by atomic mass is 35.5. The van der Waals surface area contributed by atoms with E-state index in [-0.39, 0.29) is 37.6 Å². The van der Waals surface area contributed by atoms with Crippen molar-refractivity contribution in [3.05, 3.63) is 94.1 Å². The van der Waals surface area contributed by atoms with E-state index in [4.69, 9.17) is 39.8 Å². The maximum absolute atomic E-state index is 13.8. The molecule has 0 amide bonds. The van der Waals surface area contributed by atoms with Gasteiger partial charge in [-0.2, -0.15) is 0 Å². The van der Waals surface area contributed by atoms with Gasteiger partial charge in [0.2, 0.25) is 0 Å². The lowest BCUT2D eigenvalue weighted by Crippen LogP contribution is -2.41. The molecule has 0 radical (unpaired) electrons. The fourth-order valence-electron chi connectivity index (χ4n) is 2.96. The SMILES string of the molecule is [N-]=[N+]=NCCC[N+]([O-])(Cc1cc(Cl)ccc1N=[N+]=[N-])Cc1cc(Cl)ccc1N=[N+]=[N-]. The number of hydroxylamine groups is 3. The normalized spacial score (nSPS) is 12.1. The second-order valence-corrected chi connectivity index (χ2v) is 7.20. The molecule has 0 saturated heterocycles. The zero-order valence-corrected chi connectivity index (χ0v) is 17.1. The van der Waals surface area contributed by atoms with Gasteiger partial charge in [-0.25, -0.2) is 0 Å². The third-order valence-electron chi connectivity index (χ3n) is 4.19. The maximum Gasteiger partial charge on any atom is 0.105 e. The topological polar surface area (TPSA) is 169 Å². The molecule has 0 fully saturated rings. The molecule has 0 heterocycles. The lowest BCUT2D eigenvalue weighted by molar-refractivity contribution is -0.907. The van der Waals surface area contributed by atoms with Crippen molar-refractivity contribution in [1.82, 2.24) is 0 Å². The summed E-state index contributed by atoms with van der Waals surface area (Å²) in [5.41, 5.74) is 27.6. The van der Waals surface area contributed by atoms with Gasteiger partial charge in [0.05, 0.1) is 6.54 Å². The average Bonchev–Trinajstić information content (AvgIpc) is 2.70. The van der Waals surface area contributed by atoms with E-state index in [2.05, 4.69) is 30.1 Å². The smallest absolute Gasteiger partial charge is 0.105 e. The van der Waals surface area contributed by atoms with Crippen molar-refractivity contribution in [2.45, 2.75) is 19.5 Å². The first-order chi connectivity index (χ1) is 14.4. The molecule has 154 valence electrons. The highest BCUT2D eigenvalue weighted by molar-refractivity contribution is 6.31. The molecule has 0 unspecified atom stereocenters. The van der Waals surface area contributed by atoms with Crippen molar-refractivity contribution in [3.8, 4) is 0 Å². The highest BCUT2D eigenvalue weighted by Crippen LogP contribution is 2.32. The molecule has 0 aliphatic rings. The summed E-state index contributed by atoms with van der Waals surface area (Å²) in [4.78, 5) is 8.28. The predicted molar refractivity (Wildman–Crippen MR) is 115 cm³/mol. The minimum atomic E-state index is -0.802. The number of nitrogens with zero attached hydrogens (tertiary/aromatic N) is 10. The first-order valence-electron chi connectivity index (χ1n) is 8.66. The predicted octanol–water partition coefficient (Wildman–Crippen LogP) is 7.59. The third-order valence-corrected chi connectivity index (χ3v) is 4.66. The molecule has 2 aromatic rings. The van der Waals surface area contributed by atoms with E-state index < -0.39 is 4.65 Å². The van der Waals surface area contributed by atoms with Gasteiger partial charge in [-0.3, -0.25) is 0 Å². The van der Waals surface area contributed by atoms with Crippen LogP contribution in [0.15, 0.2) is 51.7 Å². The quantitative estimate of drug-likeness (QED) is 0.0897. The molecule has 2 aromatic carbocycles. The number of halogens is 2. The Bertz CT molecular complexity index is 987. The van der Waals surface area contributed by atoms with Crippen LogP contribution in [0.1, 0.15) is 17.5 Å². The fraction of sp³-hybridized carbons (Fsp3) is 0.294. The van der Waals surface area contributed by atoms with Gasteiger partial charge in [0.1, 0.15) is 13.1 Å². The molecule has 0 saturated carbocycles. The van der Waals surface area contributed by atoms with Crippen LogP contribution in [0, 0.1) is 5.21 Å². The molecule has 2 rings (SSSR count). The van der Waals surface area contributed by atoms with E-state index in [0.29, 0.717) is 27.6 Å². The zero-order chi connectivity index (χ0) is 22.0. The van der Waals surface area contributed by atoms with E-state index in [1.54, 1.807) is 24.3 Å². The summed E-state index contributed by atoms with van der Waals surface area (Å²) in [5.74, 6) is 0. The van der Waals surface area contributed by atoms with E-state index >= 15 is 0 Å². The lowest BCUT2D eigenvalue weighted by Gasteiger charge is -2.43. The number of quaternary nitrogens is 1. The minimum absolute atomic E-state index is 0.0760.